The van der Waals surface area contributed by atoms with Crippen molar-refractivity contribution in [1.29, 1.82) is 0 Å². The Hall–Kier alpha value is -2.24. The number of halogens is 2. The molecule has 2 rings (SSSR count). The van der Waals surface area contributed by atoms with E-state index in [2.05, 4.69) is 10.3 Å². The van der Waals surface area contributed by atoms with E-state index in [-0.39, 0.29) is 11.4 Å². The fourth-order valence-corrected chi connectivity index (χ4v) is 1.68. The van der Waals surface area contributed by atoms with Crippen LogP contribution in [0.15, 0.2) is 30.5 Å². The van der Waals surface area contributed by atoms with Crippen LogP contribution in [0.2, 0.25) is 0 Å². The van der Waals surface area contributed by atoms with Gasteiger partial charge in [-0.3, -0.25) is 0 Å². The lowest BCUT2D eigenvalue weighted by atomic mass is 10.1. The summed E-state index contributed by atoms with van der Waals surface area (Å²) in [5, 5.41) is 12.5. The number of carboxylic acids is 1. The van der Waals surface area contributed by atoms with Crippen molar-refractivity contribution >= 4 is 22.6 Å². The summed E-state index contributed by atoms with van der Waals surface area (Å²) in [5.74, 6) is -0.838. The van der Waals surface area contributed by atoms with Crippen molar-refractivity contribution in [2.45, 2.75) is 6.43 Å². The predicted octanol–water partition coefficient (Wildman–Crippen LogP) is 2.61. The molecule has 0 radical (unpaired) electrons. The average molecular weight is 252 g/mol. The smallest absolute Gasteiger partial charge is 0.337 e. The number of aromatic carboxylic acids is 1. The molecule has 0 atom stereocenters. The molecule has 94 valence electrons. The number of carboxylic acid groups (broad SMARTS) is 1. The third-order valence-corrected chi connectivity index (χ3v) is 2.45. The third kappa shape index (κ3) is 2.37. The first-order valence-electron chi connectivity index (χ1n) is 5.22. The predicted molar refractivity (Wildman–Crippen MR) is 63.2 cm³/mol. The summed E-state index contributed by atoms with van der Waals surface area (Å²) in [4.78, 5) is 14.9. The molecule has 18 heavy (non-hydrogen) atoms. The number of aromatic nitrogens is 1. The van der Waals surface area contributed by atoms with E-state index in [9.17, 15) is 13.6 Å². The second kappa shape index (κ2) is 4.95. The SMILES string of the molecule is O=C(O)c1cnc(NCC(F)F)c2ccccc12. The van der Waals surface area contributed by atoms with Crippen LogP contribution >= 0.6 is 0 Å². The van der Waals surface area contributed by atoms with Crippen molar-refractivity contribution in [2.24, 2.45) is 0 Å². The lowest BCUT2D eigenvalue weighted by Gasteiger charge is -2.09. The van der Waals surface area contributed by atoms with Crippen molar-refractivity contribution in [1.82, 2.24) is 4.98 Å². The minimum atomic E-state index is -2.50. The Bertz CT molecular complexity index is 587. The maximum Gasteiger partial charge on any atom is 0.337 e. The summed E-state index contributed by atoms with van der Waals surface area (Å²) in [6, 6.07) is 6.64. The first-order valence-corrected chi connectivity index (χ1v) is 5.22. The highest BCUT2D eigenvalue weighted by molar-refractivity contribution is 6.06. The van der Waals surface area contributed by atoms with Gasteiger partial charge in [-0.2, -0.15) is 0 Å². The molecule has 2 N–H and O–H groups in total. The zero-order chi connectivity index (χ0) is 13.1. The monoisotopic (exact) mass is 252 g/mol. The van der Waals surface area contributed by atoms with Crippen molar-refractivity contribution in [3.8, 4) is 0 Å². The molecule has 4 nitrogen and oxygen atoms in total. The molecule has 0 aliphatic heterocycles. The topological polar surface area (TPSA) is 62.2 Å². The number of alkyl halides is 2. The van der Waals surface area contributed by atoms with Gasteiger partial charge >= 0.3 is 5.97 Å². The molecule has 0 aliphatic carbocycles. The van der Waals surface area contributed by atoms with E-state index in [4.69, 9.17) is 5.11 Å². The van der Waals surface area contributed by atoms with Gasteiger partial charge in [-0.1, -0.05) is 24.3 Å². The van der Waals surface area contributed by atoms with E-state index < -0.39 is 18.9 Å². The van der Waals surface area contributed by atoms with Crippen molar-refractivity contribution in [2.75, 3.05) is 11.9 Å². The van der Waals surface area contributed by atoms with Gasteiger partial charge in [-0.25, -0.2) is 18.6 Å². The summed E-state index contributed by atoms with van der Waals surface area (Å²) < 4.78 is 24.3. The first kappa shape index (κ1) is 12.2. The molecule has 1 heterocycles. The highest BCUT2D eigenvalue weighted by Crippen LogP contribution is 2.24. The summed E-state index contributed by atoms with van der Waals surface area (Å²) >= 11 is 0. The number of carbonyl (C=O) groups is 1. The number of benzene rings is 1. The zero-order valence-electron chi connectivity index (χ0n) is 9.23. The van der Waals surface area contributed by atoms with Gasteiger partial charge in [-0.05, 0) is 0 Å². The van der Waals surface area contributed by atoms with Crippen LogP contribution in [0.3, 0.4) is 0 Å². The Labute approximate surface area is 101 Å². The van der Waals surface area contributed by atoms with Crippen LogP contribution < -0.4 is 5.32 Å². The van der Waals surface area contributed by atoms with Crippen LogP contribution in [-0.2, 0) is 0 Å². The number of anilines is 1. The van der Waals surface area contributed by atoms with E-state index in [1.54, 1.807) is 24.3 Å². The van der Waals surface area contributed by atoms with E-state index in [1.807, 2.05) is 0 Å². The van der Waals surface area contributed by atoms with E-state index in [0.29, 0.717) is 10.8 Å². The molecule has 2 aromatic rings. The van der Waals surface area contributed by atoms with Crippen LogP contribution in [0.1, 0.15) is 10.4 Å². The van der Waals surface area contributed by atoms with Crippen LogP contribution in [0.25, 0.3) is 10.8 Å². The quantitative estimate of drug-likeness (QED) is 0.878. The second-order valence-electron chi connectivity index (χ2n) is 3.64. The molecular weight excluding hydrogens is 242 g/mol. The number of fused-ring (bicyclic) bond motifs is 1. The molecule has 1 aromatic carbocycles. The lowest BCUT2D eigenvalue weighted by Crippen LogP contribution is -2.12. The van der Waals surface area contributed by atoms with Crippen LogP contribution in [0.4, 0.5) is 14.6 Å². The standard InChI is InChI=1S/C12H10F2N2O2/c13-10(14)6-16-11-8-4-2-1-3-7(8)9(5-15-11)12(17)18/h1-5,10H,6H2,(H,15,16)(H,17,18). The van der Waals surface area contributed by atoms with Crippen LogP contribution in [-0.4, -0.2) is 29.0 Å². The maximum absolute atomic E-state index is 12.1. The van der Waals surface area contributed by atoms with Crippen LogP contribution in [0.5, 0.6) is 0 Å². The molecule has 6 heteroatoms. The molecule has 0 saturated carbocycles. The number of hydrogen-bond donors (Lipinski definition) is 2. The lowest BCUT2D eigenvalue weighted by molar-refractivity contribution is 0.0698. The van der Waals surface area contributed by atoms with Gasteiger partial charge in [0.05, 0.1) is 12.1 Å². The Morgan fingerprint density at radius 2 is 2.00 bits per heavy atom. The average Bonchev–Trinajstić information content (AvgIpc) is 2.35. The molecule has 0 unspecified atom stereocenters. The number of hydrogen-bond acceptors (Lipinski definition) is 3. The summed E-state index contributed by atoms with van der Waals surface area (Å²) in [6.07, 6.45) is -1.33. The molecular formula is C12H10F2N2O2. The fraction of sp³-hybridized carbons (Fsp3) is 0.167. The van der Waals surface area contributed by atoms with Gasteiger partial charge in [-0.15, -0.1) is 0 Å². The van der Waals surface area contributed by atoms with Gasteiger partial charge < -0.3 is 10.4 Å². The maximum atomic E-state index is 12.1. The Kier molecular flexibility index (Phi) is 3.36. The van der Waals surface area contributed by atoms with Crippen molar-refractivity contribution < 1.29 is 18.7 Å². The minimum Gasteiger partial charge on any atom is -0.478 e. The van der Waals surface area contributed by atoms with Gasteiger partial charge in [0.2, 0.25) is 0 Å². The largest absolute Gasteiger partial charge is 0.478 e. The Morgan fingerprint density at radius 1 is 1.33 bits per heavy atom. The fourth-order valence-electron chi connectivity index (χ4n) is 1.68. The number of nitrogens with one attached hydrogen (secondary N) is 1. The van der Waals surface area contributed by atoms with Gasteiger partial charge in [0, 0.05) is 17.0 Å². The molecule has 1 aromatic heterocycles. The highest BCUT2D eigenvalue weighted by Gasteiger charge is 2.12. The van der Waals surface area contributed by atoms with E-state index in [0.717, 1.165) is 0 Å². The molecule has 0 amide bonds. The number of nitrogens with zero attached hydrogens (tertiary/aromatic N) is 1. The normalized spacial score (nSPS) is 10.8. The van der Waals surface area contributed by atoms with Gasteiger partial charge in [0.25, 0.3) is 6.43 Å². The Balaban J connectivity index is 2.50. The molecule has 0 bridgehead atoms. The number of pyridine rings is 1. The van der Waals surface area contributed by atoms with E-state index in [1.165, 1.54) is 6.20 Å². The first-order chi connectivity index (χ1) is 8.59. The Morgan fingerprint density at radius 3 is 2.61 bits per heavy atom. The van der Waals surface area contributed by atoms with E-state index >= 15 is 0 Å². The van der Waals surface area contributed by atoms with Crippen LogP contribution in [0, 0.1) is 0 Å². The third-order valence-electron chi connectivity index (χ3n) is 2.45. The molecule has 0 aliphatic rings. The highest BCUT2D eigenvalue weighted by atomic mass is 19.3. The summed E-state index contributed by atoms with van der Waals surface area (Å²) in [7, 11) is 0. The second-order valence-corrected chi connectivity index (χ2v) is 3.64. The molecule has 0 spiro atoms. The summed E-state index contributed by atoms with van der Waals surface area (Å²) in [6.45, 7) is -0.524. The minimum absolute atomic E-state index is 0.0493. The van der Waals surface area contributed by atoms with Gasteiger partial charge in [0.15, 0.2) is 0 Å². The molecule has 0 fully saturated rings. The molecule has 0 saturated heterocycles. The van der Waals surface area contributed by atoms with Gasteiger partial charge in [0.1, 0.15) is 5.82 Å². The number of rotatable bonds is 4. The van der Waals surface area contributed by atoms with Crippen molar-refractivity contribution in [3.05, 3.63) is 36.0 Å². The summed E-state index contributed by atoms with van der Waals surface area (Å²) in [5.41, 5.74) is 0.0493. The van der Waals surface area contributed by atoms with Crippen molar-refractivity contribution in [3.63, 3.8) is 0 Å². The zero-order valence-corrected chi connectivity index (χ0v) is 9.23.